The van der Waals surface area contributed by atoms with Crippen molar-refractivity contribution in [1.29, 1.82) is 0 Å². The van der Waals surface area contributed by atoms with Crippen LogP contribution in [0.15, 0.2) is 0 Å². The van der Waals surface area contributed by atoms with Crippen LogP contribution in [0.4, 0.5) is 0 Å². The largest absolute Gasteiger partial charge is 1.00 e. The summed E-state index contributed by atoms with van der Waals surface area (Å²) in [6, 6.07) is 0. The molecule has 0 aromatic carbocycles. The second kappa shape index (κ2) is 4.91. The fraction of sp³-hybridized carbons (Fsp3) is 0. The van der Waals surface area contributed by atoms with Crippen molar-refractivity contribution in [2.24, 2.45) is 0 Å². The summed E-state index contributed by atoms with van der Waals surface area (Å²) in [5.41, 5.74) is 0. The molecule has 0 aliphatic rings. The molecule has 0 unspecified atom stereocenters. The van der Waals surface area contributed by atoms with Crippen LogP contribution >= 0.6 is 0 Å². The first kappa shape index (κ1) is 15.7. The van der Waals surface area contributed by atoms with Gasteiger partial charge in [-0.15, -0.1) is 0 Å². The van der Waals surface area contributed by atoms with Crippen molar-refractivity contribution >= 4 is 10.4 Å². The fourth-order valence-electron chi connectivity index (χ4n) is 0. The van der Waals surface area contributed by atoms with E-state index in [1.165, 1.54) is 0 Å². The summed E-state index contributed by atoms with van der Waals surface area (Å²) in [7, 11) is -4.67. The van der Waals surface area contributed by atoms with Gasteiger partial charge >= 0.3 is 29.3 Å². The molecule has 7 heavy (non-hydrogen) atoms. The minimum Gasteiger partial charge on any atom is -1.00 e. The first-order chi connectivity index (χ1) is 2.00. The number of hydrogen-bond acceptors (Lipinski definition) is 2. The predicted octanol–water partition coefficient (Wildman–Crippen LogP) is -6.64. The van der Waals surface area contributed by atoms with Gasteiger partial charge in [0.1, 0.15) is 0 Å². The van der Waals surface area contributed by atoms with E-state index in [9.17, 15) is 0 Å². The normalized spacial score (nSPS) is 8.29. The Morgan fingerprint density at radius 3 is 1.14 bits per heavy atom. The standard InChI is InChI=1S/ClH.Li.H2O4S/c;;1-5(2,3)4/h1H;;(H2,1,2,3,4)/q;+1;/p-1. The van der Waals surface area contributed by atoms with Gasteiger partial charge in [-0.05, 0) is 0 Å². The summed E-state index contributed by atoms with van der Waals surface area (Å²) in [4.78, 5) is 0. The second-order valence-corrected chi connectivity index (χ2v) is 1.34. The fourth-order valence-corrected chi connectivity index (χ4v) is 0. The summed E-state index contributed by atoms with van der Waals surface area (Å²) >= 11 is 0. The van der Waals surface area contributed by atoms with E-state index in [-0.39, 0.29) is 31.3 Å². The van der Waals surface area contributed by atoms with Crippen molar-refractivity contribution < 1.29 is 48.8 Å². The molecular formula is H2ClLiO4S. The maximum absolute atomic E-state index is 8.74. The van der Waals surface area contributed by atoms with E-state index in [0.29, 0.717) is 0 Å². The molecule has 0 aromatic rings. The van der Waals surface area contributed by atoms with Crippen LogP contribution in [0.25, 0.3) is 0 Å². The number of hydrogen-bond donors (Lipinski definition) is 2. The average Bonchev–Trinajstić information content (AvgIpc) is 0.722. The Morgan fingerprint density at radius 1 is 1.14 bits per heavy atom. The number of rotatable bonds is 0. The topological polar surface area (TPSA) is 74.6 Å². The van der Waals surface area contributed by atoms with Crippen molar-refractivity contribution in [3.63, 3.8) is 0 Å². The van der Waals surface area contributed by atoms with E-state index in [1.54, 1.807) is 0 Å². The SMILES string of the molecule is O=S(=O)(O)O.[Cl-].[Li+]. The quantitative estimate of drug-likeness (QED) is 0.259. The summed E-state index contributed by atoms with van der Waals surface area (Å²) in [5.74, 6) is 0. The molecule has 0 radical (unpaired) electrons. The van der Waals surface area contributed by atoms with Crippen LogP contribution < -0.4 is 31.3 Å². The van der Waals surface area contributed by atoms with Crippen LogP contribution in [0, 0.1) is 0 Å². The molecule has 0 bridgehead atoms. The molecule has 0 fully saturated rings. The minimum absolute atomic E-state index is 0. The summed E-state index contributed by atoms with van der Waals surface area (Å²) in [6.45, 7) is 0. The van der Waals surface area contributed by atoms with E-state index in [1.807, 2.05) is 0 Å². The van der Waals surface area contributed by atoms with Crippen LogP contribution in [-0.2, 0) is 10.4 Å². The molecule has 0 atom stereocenters. The van der Waals surface area contributed by atoms with Crippen LogP contribution in [0.1, 0.15) is 0 Å². The van der Waals surface area contributed by atoms with Crippen LogP contribution in [0.3, 0.4) is 0 Å². The van der Waals surface area contributed by atoms with E-state index in [0.717, 1.165) is 0 Å². The zero-order valence-electron chi connectivity index (χ0n) is 3.50. The zero-order chi connectivity index (χ0) is 4.50. The van der Waals surface area contributed by atoms with Gasteiger partial charge in [-0.1, -0.05) is 0 Å². The Labute approximate surface area is 59.5 Å². The molecule has 2 N–H and O–H groups in total. The van der Waals surface area contributed by atoms with Crippen LogP contribution in [0.2, 0.25) is 0 Å². The third-order valence-corrected chi connectivity index (χ3v) is 0. The van der Waals surface area contributed by atoms with Gasteiger partial charge < -0.3 is 12.4 Å². The van der Waals surface area contributed by atoms with Gasteiger partial charge in [-0.25, -0.2) is 0 Å². The molecule has 0 heterocycles. The van der Waals surface area contributed by atoms with Crippen molar-refractivity contribution in [2.75, 3.05) is 0 Å². The molecule has 0 aliphatic carbocycles. The molecule has 7 heteroatoms. The van der Waals surface area contributed by atoms with Crippen molar-refractivity contribution in [1.82, 2.24) is 0 Å². The van der Waals surface area contributed by atoms with Crippen molar-refractivity contribution in [3.05, 3.63) is 0 Å². The molecule has 0 rings (SSSR count). The first-order valence-corrected chi connectivity index (χ1v) is 2.10. The third-order valence-electron chi connectivity index (χ3n) is 0. The van der Waals surface area contributed by atoms with E-state index in [2.05, 4.69) is 0 Å². The Morgan fingerprint density at radius 2 is 1.14 bits per heavy atom. The minimum atomic E-state index is -4.67. The summed E-state index contributed by atoms with van der Waals surface area (Å²) in [5, 5.41) is 0. The first-order valence-electron chi connectivity index (χ1n) is 0.698. The second-order valence-electron chi connectivity index (χ2n) is 0.448. The molecule has 40 valence electrons. The van der Waals surface area contributed by atoms with Crippen molar-refractivity contribution in [2.45, 2.75) is 0 Å². The molecule has 0 saturated carbocycles. The molecule has 4 nitrogen and oxygen atoms in total. The summed E-state index contributed by atoms with van der Waals surface area (Å²) < 4.78 is 31.6. The van der Waals surface area contributed by atoms with Gasteiger partial charge in [0.05, 0.1) is 0 Å². The zero-order valence-corrected chi connectivity index (χ0v) is 5.07. The summed E-state index contributed by atoms with van der Waals surface area (Å²) in [6.07, 6.45) is 0. The third kappa shape index (κ3) is 267. The van der Waals surface area contributed by atoms with Gasteiger partial charge in [-0.3, -0.25) is 9.11 Å². The van der Waals surface area contributed by atoms with Gasteiger partial charge in [-0.2, -0.15) is 8.42 Å². The molecule has 0 aliphatic heterocycles. The van der Waals surface area contributed by atoms with E-state index >= 15 is 0 Å². The Kier molecular flexibility index (Phi) is 11.0. The monoisotopic (exact) mass is 140 g/mol. The van der Waals surface area contributed by atoms with Crippen LogP contribution in [-0.4, -0.2) is 17.5 Å². The number of halogens is 1. The molecule has 0 amide bonds. The smallest absolute Gasteiger partial charge is 1.00 e. The molecular weight excluding hydrogens is 138 g/mol. The Hall–Kier alpha value is 0.757. The van der Waals surface area contributed by atoms with Gasteiger partial charge in [0.25, 0.3) is 0 Å². The maximum atomic E-state index is 8.74. The van der Waals surface area contributed by atoms with Crippen LogP contribution in [0.5, 0.6) is 0 Å². The van der Waals surface area contributed by atoms with Gasteiger partial charge in [0.15, 0.2) is 0 Å². The van der Waals surface area contributed by atoms with Gasteiger partial charge in [0.2, 0.25) is 0 Å². The average molecular weight is 140 g/mol. The Bertz CT molecular complexity index is 94.9. The van der Waals surface area contributed by atoms with Gasteiger partial charge in [0, 0.05) is 0 Å². The molecule has 0 saturated heterocycles. The Balaban J connectivity index is -0.0000000800. The van der Waals surface area contributed by atoms with E-state index in [4.69, 9.17) is 17.5 Å². The van der Waals surface area contributed by atoms with E-state index < -0.39 is 10.4 Å². The maximum Gasteiger partial charge on any atom is 1.00 e. The predicted molar refractivity (Wildman–Crippen MR) is 14.2 cm³/mol. The molecule has 0 aromatic heterocycles. The van der Waals surface area contributed by atoms with Crippen molar-refractivity contribution in [3.8, 4) is 0 Å². The molecule has 0 spiro atoms.